The van der Waals surface area contributed by atoms with E-state index in [9.17, 15) is 14.4 Å². The molecule has 0 radical (unpaired) electrons. The van der Waals surface area contributed by atoms with Crippen LogP contribution in [0, 0.1) is 13.5 Å². The van der Waals surface area contributed by atoms with Gasteiger partial charge in [0.25, 0.3) is 11.6 Å². The molecule has 10 heteroatoms. The highest BCUT2D eigenvalue weighted by molar-refractivity contribution is 7.08. The number of ketones is 1. The second kappa shape index (κ2) is 10.4. The molecule has 1 aliphatic heterocycles. The van der Waals surface area contributed by atoms with Crippen LogP contribution in [0.2, 0.25) is 0 Å². The third-order valence-electron chi connectivity index (χ3n) is 5.77. The molecule has 1 unspecified atom stereocenters. The molecule has 1 aromatic carbocycles. The summed E-state index contributed by atoms with van der Waals surface area (Å²) in [6.07, 6.45) is 1.97. The van der Waals surface area contributed by atoms with Crippen LogP contribution >= 0.6 is 11.3 Å². The van der Waals surface area contributed by atoms with Crippen molar-refractivity contribution in [1.29, 1.82) is 0 Å². The highest BCUT2D eigenvalue weighted by Crippen LogP contribution is 2.24. The van der Waals surface area contributed by atoms with Gasteiger partial charge in [0.1, 0.15) is 23.2 Å². The summed E-state index contributed by atoms with van der Waals surface area (Å²) >= 11 is 1.43. The van der Waals surface area contributed by atoms with Crippen LogP contribution in [-0.2, 0) is 9.59 Å². The van der Waals surface area contributed by atoms with E-state index in [1.807, 2.05) is 24.4 Å². The first-order valence-corrected chi connectivity index (χ1v) is 12.1. The summed E-state index contributed by atoms with van der Waals surface area (Å²) in [5.41, 5.74) is 7.00. The van der Waals surface area contributed by atoms with Crippen molar-refractivity contribution in [3.05, 3.63) is 75.4 Å². The van der Waals surface area contributed by atoms with Crippen molar-refractivity contribution in [3.63, 3.8) is 0 Å². The second-order valence-corrected chi connectivity index (χ2v) is 9.10. The van der Waals surface area contributed by atoms with Gasteiger partial charge >= 0.3 is 0 Å². The van der Waals surface area contributed by atoms with Crippen LogP contribution in [0.1, 0.15) is 35.4 Å². The van der Waals surface area contributed by atoms with E-state index >= 15 is 0 Å². The number of nitrogens with two attached hydrogens (primary N) is 1. The quantitative estimate of drug-likeness (QED) is 0.251. The molecule has 1 aliphatic rings. The number of carbonyl (C=O) groups is 3. The molecule has 1 fully saturated rings. The Balaban J connectivity index is 1.58. The number of carbonyl (C=O) groups excluding carboxylic acids is 3. The minimum atomic E-state index is -0.916. The van der Waals surface area contributed by atoms with Crippen molar-refractivity contribution < 1.29 is 18.8 Å². The first-order chi connectivity index (χ1) is 16.9. The number of likely N-dealkylation sites (tertiary alicyclic amines) is 1. The lowest BCUT2D eigenvalue weighted by Gasteiger charge is -2.26. The molecule has 0 aliphatic carbocycles. The maximum atomic E-state index is 13.4. The van der Waals surface area contributed by atoms with Crippen LogP contribution < -0.4 is 16.4 Å². The number of furan rings is 1. The second-order valence-electron chi connectivity index (χ2n) is 8.32. The summed E-state index contributed by atoms with van der Waals surface area (Å²) in [6.45, 7) is 9.75. The zero-order valence-electron chi connectivity index (χ0n) is 19.2. The van der Waals surface area contributed by atoms with Gasteiger partial charge in [-0.3, -0.25) is 14.4 Å². The molecule has 1 atom stereocenters. The molecule has 0 spiro atoms. The molecule has 2 aromatic heterocycles. The molecule has 3 aromatic rings. The Labute approximate surface area is 206 Å². The SMILES string of the molecule is [C-]#[N+]/C(C(N)=O)=C(\Nc1ccc2oc(C)cc2c1)NC1CCCCN(CC(=O)c2ccsc2)C1=O. The number of Topliss-reactive ketones (excluding diaryl/α,β-unsaturated/α-hetero) is 1. The summed E-state index contributed by atoms with van der Waals surface area (Å²) in [4.78, 5) is 42.8. The molecular formula is C25H25N5O4S. The summed E-state index contributed by atoms with van der Waals surface area (Å²) < 4.78 is 5.60. The zero-order valence-corrected chi connectivity index (χ0v) is 20.0. The fraction of sp³-hybridized carbons (Fsp3) is 0.280. The van der Waals surface area contributed by atoms with Crippen LogP contribution in [0.15, 0.2) is 57.0 Å². The largest absolute Gasteiger partial charge is 0.461 e. The van der Waals surface area contributed by atoms with E-state index in [2.05, 4.69) is 15.5 Å². The maximum absolute atomic E-state index is 13.4. The number of benzene rings is 1. The fourth-order valence-electron chi connectivity index (χ4n) is 4.05. The number of aryl methyl sites for hydroxylation is 1. The number of rotatable bonds is 8. The molecule has 9 nitrogen and oxygen atoms in total. The number of thiophene rings is 1. The van der Waals surface area contributed by atoms with Crippen molar-refractivity contribution in [3.8, 4) is 0 Å². The lowest BCUT2D eigenvalue weighted by atomic mass is 10.1. The standard InChI is InChI=1S/C25H25N5O4S/c1-15-11-17-12-18(6-7-21(17)34-15)28-24(22(27-2)23(26)32)29-19-5-3-4-9-30(25(19)33)13-20(31)16-8-10-35-14-16/h6-8,10-12,14,19,28-29H,3-5,9,13H2,1H3,(H2,26,32)/b24-22+. The zero-order chi connectivity index (χ0) is 24.9. The third-order valence-corrected chi connectivity index (χ3v) is 6.45. The molecule has 180 valence electrons. The van der Waals surface area contributed by atoms with Crippen LogP contribution in [0.4, 0.5) is 5.69 Å². The Hall–Kier alpha value is -4.10. The summed E-state index contributed by atoms with van der Waals surface area (Å²) in [7, 11) is 0. The third kappa shape index (κ3) is 5.53. The predicted molar refractivity (Wildman–Crippen MR) is 133 cm³/mol. The monoisotopic (exact) mass is 491 g/mol. The van der Waals surface area contributed by atoms with Gasteiger partial charge in [-0.1, -0.05) is 0 Å². The van der Waals surface area contributed by atoms with E-state index in [1.165, 1.54) is 16.2 Å². The van der Waals surface area contributed by atoms with Crippen molar-refractivity contribution in [2.45, 2.75) is 32.2 Å². The lowest BCUT2D eigenvalue weighted by Crippen LogP contribution is -2.48. The van der Waals surface area contributed by atoms with Gasteiger partial charge in [0.15, 0.2) is 5.78 Å². The van der Waals surface area contributed by atoms with Gasteiger partial charge in [0, 0.05) is 28.6 Å². The van der Waals surface area contributed by atoms with Gasteiger partial charge in [0.05, 0.1) is 13.1 Å². The van der Waals surface area contributed by atoms with Gasteiger partial charge in [0.2, 0.25) is 5.91 Å². The molecule has 1 saturated heterocycles. The topological polar surface area (TPSA) is 122 Å². The van der Waals surface area contributed by atoms with Gasteiger partial charge in [-0.2, -0.15) is 11.3 Å². The Morgan fingerprint density at radius 2 is 2.11 bits per heavy atom. The van der Waals surface area contributed by atoms with E-state index < -0.39 is 11.9 Å². The number of hydrogen-bond acceptors (Lipinski definition) is 7. The number of nitrogens with zero attached hydrogens (tertiary/aromatic N) is 2. The van der Waals surface area contributed by atoms with E-state index in [0.717, 1.165) is 24.0 Å². The number of anilines is 1. The lowest BCUT2D eigenvalue weighted by molar-refractivity contribution is -0.132. The molecule has 0 bridgehead atoms. The van der Waals surface area contributed by atoms with Crippen LogP contribution in [0.5, 0.6) is 0 Å². The van der Waals surface area contributed by atoms with Crippen molar-refractivity contribution in [1.82, 2.24) is 10.2 Å². The Morgan fingerprint density at radius 3 is 2.83 bits per heavy atom. The van der Waals surface area contributed by atoms with Gasteiger partial charge in [-0.05, 0) is 61.9 Å². The smallest absolute Gasteiger partial charge is 0.288 e. The number of hydrogen-bond donors (Lipinski definition) is 3. The van der Waals surface area contributed by atoms with E-state index in [-0.39, 0.29) is 29.8 Å². The molecular weight excluding hydrogens is 466 g/mol. The summed E-state index contributed by atoms with van der Waals surface area (Å²) in [5, 5.41) is 10.5. The number of amides is 2. The van der Waals surface area contributed by atoms with Gasteiger partial charge in [-0.15, -0.1) is 0 Å². The molecule has 2 amide bonds. The van der Waals surface area contributed by atoms with Crippen molar-refractivity contribution in [2.75, 3.05) is 18.4 Å². The van der Waals surface area contributed by atoms with E-state index in [1.54, 1.807) is 23.6 Å². The Kier molecular flexibility index (Phi) is 7.17. The van der Waals surface area contributed by atoms with E-state index in [4.69, 9.17) is 16.7 Å². The molecule has 4 rings (SSSR count). The summed E-state index contributed by atoms with van der Waals surface area (Å²) in [5.74, 6) is -0.500. The van der Waals surface area contributed by atoms with Gasteiger partial charge in [-0.25, -0.2) is 4.85 Å². The molecule has 0 saturated carbocycles. The predicted octanol–water partition coefficient (Wildman–Crippen LogP) is 3.64. The Morgan fingerprint density at radius 1 is 1.29 bits per heavy atom. The minimum Gasteiger partial charge on any atom is -0.461 e. The number of nitrogens with one attached hydrogen (secondary N) is 2. The molecule has 3 heterocycles. The van der Waals surface area contributed by atoms with Crippen molar-refractivity contribution >= 4 is 45.6 Å². The molecule has 35 heavy (non-hydrogen) atoms. The minimum absolute atomic E-state index is 0.0256. The van der Waals surface area contributed by atoms with E-state index in [0.29, 0.717) is 29.8 Å². The first kappa shape index (κ1) is 24.0. The van der Waals surface area contributed by atoms with Crippen LogP contribution in [0.25, 0.3) is 15.8 Å². The average Bonchev–Trinajstić information content (AvgIpc) is 3.45. The van der Waals surface area contributed by atoms with Crippen LogP contribution in [0.3, 0.4) is 0 Å². The Bertz CT molecular complexity index is 1340. The highest BCUT2D eigenvalue weighted by atomic mass is 32.1. The van der Waals surface area contributed by atoms with Crippen LogP contribution in [-0.4, -0.2) is 41.6 Å². The first-order valence-electron chi connectivity index (χ1n) is 11.1. The van der Waals surface area contributed by atoms with Crippen molar-refractivity contribution in [2.24, 2.45) is 5.73 Å². The maximum Gasteiger partial charge on any atom is 0.288 e. The highest BCUT2D eigenvalue weighted by Gasteiger charge is 2.30. The average molecular weight is 492 g/mol. The normalized spacial score (nSPS) is 16.9. The number of primary amides is 1. The fourth-order valence-corrected chi connectivity index (χ4v) is 4.71. The number of fused-ring (bicyclic) bond motifs is 1. The summed E-state index contributed by atoms with van der Waals surface area (Å²) in [6, 6.07) is 8.22. The molecule has 4 N–H and O–H groups in total. The van der Waals surface area contributed by atoms with Gasteiger partial charge < -0.3 is 25.7 Å².